The summed E-state index contributed by atoms with van der Waals surface area (Å²) in [6, 6.07) is 6.88. The number of halogens is 1. The minimum absolute atomic E-state index is 0. The van der Waals surface area contributed by atoms with Crippen LogP contribution >= 0.6 is 12.4 Å². The minimum Gasteiger partial charge on any atom is -0.491 e. The zero-order valence-corrected chi connectivity index (χ0v) is 14.6. The first kappa shape index (κ1) is 19.7. The molecule has 3 atom stereocenters. The number of ether oxygens (including phenoxy) is 2. The first-order valence-electron chi connectivity index (χ1n) is 8.01. The number of nitrogens with one attached hydrogen (secondary N) is 1. The first-order valence-corrected chi connectivity index (χ1v) is 8.01. The maximum Gasteiger partial charge on any atom is 0.241 e. The molecule has 3 N–H and O–H groups in total. The van der Waals surface area contributed by atoms with Gasteiger partial charge in [-0.2, -0.15) is 0 Å². The fourth-order valence-corrected chi connectivity index (χ4v) is 2.37. The summed E-state index contributed by atoms with van der Waals surface area (Å²) in [7, 11) is 0. The summed E-state index contributed by atoms with van der Waals surface area (Å²) >= 11 is 0. The largest absolute Gasteiger partial charge is 0.491 e. The molecule has 130 valence electrons. The monoisotopic (exact) mass is 342 g/mol. The number of anilines is 1. The quantitative estimate of drug-likeness (QED) is 0.799. The van der Waals surface area contributed by atoms with E-state index >= 15 is 0 Å². The smallest absolute Gasteiger partial charge is 0.241 e. The van der Waals surface area contributed by atoms with Crippen molar-refractivity contribution in [1.29, 1.82) is 0 Å². The maximum atomic E-state index is 12.1. The summed E-state index contributed by atoms with van der Waals surface area (Å²) in [5.41, 5.74) is 6.64. The van der Waals surface area contributed by atoms with Crippen molar-refractivity contribution < 1.29 is 14.3 Å². The summed E-state index contributed by atoms with van der Waals surface area (Å²) in [6.45, 7) is 5.37. The summed E-state index contributed by atoms with van der Waals surface area (Å²) in [4.78, 5) is 12.1. The van der Waals surface area contributed by atoms with Crippen molar-refractivity contribution >= 4 is 24.0 Å². The lowest BCUT2D eigenvalue weighted by atomic mass is 9.99. The van der Waals surface area contributed by atoms with Crippen molar-refractivity contribution in [3.63, 3.8) is 0 Å². The molecule has 0 bridgehead atoms. The molecule has 6 heteroatoms. The third kappa shape index (κ3) is 6.01. The second kappa shape index (κ2) is 9.75. The van der Waals surface area contributed by atoms with Gasteiger partial charge >= 0.3 is 0 Å². The average Bonchev–Trinajstić information content (AvgIpc) is 3.05. The van der Waals surface area contributed by atoms with Gasteiger partial charge in [-0.15, -0.1) is 12.4 Å². The number of rotatable bonds is 7. The highest BCUT2D eigenvalue weighted by Gasteiger charge is 2.20. The molecule has 1 amide bonds. The number of nitrogens with two attached hydrogens (primary N) is 1. The van der Waals surface area contributed by atoms with Crippen LogP contribution in [0.2, 0.25) is 0 Å². The molecule has 5 nitrogen and oxygen atoms in total. The second-order valence-corrected chi connectivity index (χ2v) is 5.87. The molecular weight excluding hydrogens is 316 g/mol. The van der Waals surface area contributed by atoms with Gasteiger partial charge in [0.2, 0.25) is 5.91 Å². The van der Waals surface area contributed by atoms with E-state index in [4.69, 9.17) is 15.2 Å². The van der Waals surface area contributed by atoms with Crippen molar-refractivity contribution in [3.8, 4) is 5.75 Å². The van der Waals surface area contributed by atoms with E-state index < -0.39 is 6.04 Å². The lowest BCUT2D eigenvalue weighted by molar-refractivity contribution is -0.118. The van der Waals surface area contributed by atoms with Crippen molar-refractivity contribution in [2.24, 2.45) is 11.7 Å². The predicted molar refractivity (Wildman–Crippen MR) is 94.2 cm³/mol. The van der Waals surface area contributed by atoms with E-state index in [-0.39, 0.29) is 30.3 Å². The van der Waals surface area contributed by atoms with E-state index in [1.165, 1.54) is 0 Å². The Morgan fingerprint density at radius 3 is 2.96 bits per heavy atom. The van der Waals surface area contributed by atoms with Crippen LogP contribution in [-0.4, -0.2) is 31.3 Å². The second-order valence-electron chi connectivity index (χ2n) is 5.87. The van der Waals surface area contributed by atoms with Gasteiger partial charge in [0.25, 0.3) is 0 Å². The Hall–Kier alpha value is -1.30. The van der Waals surface area contributed by atoms with E-state index in [1.54, 1.807) is 0 Å². The fourth-order valence-electron chi connectivity index (χ4n) is 2.37. The molecule has 2 rings (SSSR count). The van der Waals surface area contributed by atoms with Crippen LogP contribution in [0.15, 0.2) is 24.3 Å². The topological polar surface area (TPSA) is 73.6 Å². The molecule has 1 aromatic carbocycles. The number of benzene rings is 1. The van der Waals surface area contributed by atoms with Gasteiger partial charge in [0.1, 0.15) is 12.4 Å². The van der Waals surface area contributed by atoms with E-state index in [0.29, 0.717) is 12.3 Å². The Bertz CT molecular complexity index is 492. The molecule has 23 heavy (non-hydrogen) atoms. The number of amides is 1. The SMILES string of the molecule is CCC(C)C(N)C(=O)Nc1cccc(OCC2CCCO2)c1.Cl. The number of carbonyl (C=O) groups excluding carboxylic acids is 1. The van der Waals surface area contributed by atoms with Gasteiger partial charge in [0.05, 0.1) is 12.1 Å². The van der Waals surface area contributed by atoms with Crippen LogP contribution in [0.4, 0.5) is 5.69 Å². The summed E-state index contributed by atoms with van der Waals surface area (Å²) in [5.74, 6) is 0.718. The molecule has 1 aromatic rings. The van der Waals surface area contributed by atoms with Gasteiger partial charge in [0, 0.05) is 18.4 Å². The van der Waals surface area contributed by atoms with Crippen LogP contribution in [0.25, 0.3) is 0 Å². The van der Waals surface area contributed by atoms with Gasteiger partial charge < -0.3 is 20.5 Å². The third-order valence-corrected chi connectivity index (χ3v) is 4.12. The zero-order chi connectivity index (χ0) is 15.9. The molecule has 0 aromatic heterocycles. The number of hydrogen-bond acceptors (Lipinski definition) is 4. The molecular formula is C17H27ClN2O3. The molecule has 1 heterocycles. The molecule has 0 radical (unpaired) electrons. The highest BCUT2D eigenvalue weighted by Crippen LogP contribution is 2.20. The molecule has 1 saturated heterocycles. The van der Waals surface area contributed by atoms with Crippen LogP contribution in [0.3, 0.4) is 0 Å². The highest BCUT2D eigenvalue weighted by molar-refractivity contribution is 5.95. The average molecular weight is 343 g/mol. The lowest BCUT2D eigenvalue weighted by Gasteiger charge is -2.18. The molecule has 0 saturated carbocycles. The standard InChI is InChI=1S/C17H26N2O3.ClH/c1-3-12(2)16(18)17(20)19-13-6-4-7-14(10-13)22-11-15-8-5-9-21-15;/h4,6-7,10,12,15-16H,3,5,8-9,11,18H2,1-2H3,(H,19,20);1H. The molecule has 0 spiro atoms. The predicted octanol–water partition coefficient (Wildman–Crippen LogP) is 2.98. The normalized spacial score (nSPS) is 19.5. The fraction of sp³-hybridized carbons (Fsp3) is 0.588. The zero-order valence-electron chi connectivity index (χ0n) is 13.8. The Labute approximate surface area is 144 Å². The Morgan fingerprint density at radius 1 is 1.52 bits per heavy atom. The van der Waals surface area contributed by atoms with Crippen molar-refractivity contribution in [1.82, 2.24) is 0 Å². The molecule has 1 aliphatic heterocycles. The maximum absolute atomic E-state index is 12.1. The Balaban J connectivity index is 0.00000264. The van der Waals surface area contributed by atoms with E-state index in [0.717, 1.165) is 31.6 Å². The van der Waals surface area contributed by atoms with Crippen molar-refractivity contribution in [2.75, 3.05) is 18.5 Å². The molecule has 0 aliphatic carbocycles. The highest BCUT2D eigenvalue weighted by atomic mass is 35.5. The molecule has 3 unspecified atom stereocenters. The van der Waals surface area contributed by atoms with Crippen LogP contribution in [0, 0.1) is 5.92 Å². The van der Waals surface area contributed by atoms with E-state index in [2.05, 4.69) is 5.32 Å². The van der Waals surface area contributed by atoms with Crippen LogP contribution in [-0.2, 0) is 9.53 Å². The van der Waals surface area contributed by atoms with Crippen LogP contribution < -0.4 is 15.8 Å². The van der Waals surface area contributed by atoms with Crippen molar-refractivity contribution in [2.45, 2.75) is 45.3 Å². The molecule has 1 fully saturated rings. The summed E-state index contributed by atoms with van der Waals surface area (Å²) in [6.07, 6.45) is 3.19. The van der Waals surface area contributed by atoms with Gasteiger partial charge in [-0.1, -0.05) is 26.3 Å². The van der Waals surface area contributed by atoms with Gasteiger partial charge in [-0.3, -0.25) is 4.79 Å². The first-order chi connectivity index (χ1) is 10.6. The van der Waals surface area contributed by atoms with Crippen molar-refractivity contribution in [3.05, 3.63) is 24.3 Å². The minimum atomic E-state index is -0.499. The Kier molecular flexibility index (Phi) is 8.37. The van der Waals surface area contributed by atoms with Crippen LogP contribution in [0.5, 0.6) is 5.75 Å². The summed E-state index contributed by atoms with van der Waals surface area (Å²) in [5, 5.41) is 2.85. The van der Waals surface area contributed by atoms with Gasteiger partial charge in [0.15, 0.2) is 0 Å². The molecule has 1 aliphatic rings. The Morgan fingerprint density at radius 2 is 2.30 bits per heavy atom. The lowest BCUT2D eigenvalue weighted by Crippen LogP contribution is -2.40. The number of carbonyl (C=O) groups is 1. The third-order valence-electron chi connectivity index (χ3n) is 4.12. The van der Waals surface area contributed by atoms with Crippen LogP contribution in [0.1, 0.15) is 33.1 Å². The van der Waals surface area contributed by atoms with Gasteiger partial charge in [-0.05, 0) is 30.9 Å². The van der Waals surface area contributed by atoms with E-state index in [9.17, 15) is 4.79 Å². The number of hydrogen-bond donors (Lipinski definition) is 2. The van der Waals surface area contributed by atoms with E-state index in [1.807, 2.05) is 38.1 Å². The summed E-state index contributed by atoms with van der Waals surface area (Å²) < 4.78 is 11.3. The van der Waals surface area contributed by atoms with Gasteiger partial charge in [-0.25, -0.2) is 0 Å².